The Hall–Kier alpha value is -2.21. The Bertz CT molecular complexity index is 579. The first-order chi connectivity index (χ1) is 9.67. The molecule has 3 N–H and O–H groups in total. The summed E-state index contributed by atoms with van der Waals surface area (Å²) in [7, 11) is 0. The molecule has 0 aliphatic carbocycles. The molecule has 20 heavy (non-hydrogen) atoms. The van der Waals surface area contributed by atoms with Crippen LogP contribution in [0.1, 0.15) is 29.9 Å². The van der Waals surface area contributed by atoms with Gasteiger partial charge in [-0.1, -0.05) is 13.0 Å². The maximum Gasteiger partial charge on any atom is 0.255 e. The fourth-order valence-electron chi connectivity index (χ4n) is 1.94. The molecule has 0 aliphatic rings. The van der Waals surface area contributed by atoms with Gasteiger partial charge in [0, 0.05) is 18.8 Å². The standard InChI is InChI=1S/C14H19N5O/c1-3-12-11(14(20)18-10(2)8-15)9-17-19(12)13-6-4-5-7-16-13/h4-7,9-10H,3,8,15H2,1-2H3,(H,18,20)/t10-/m0/s1. The largest absolute Gasteiger partial charge is 0.348 e. The summed E-state index contributed by atoms with van der Waals surface area (Å²) in [5, 5.41) is 7.12. The summed E-state index contributed by atoms with van der Waals surface area (Å²) in [6.07, 6.45) is 3.97. The fraction of sp³-hybridized carbons (Fsp3) is 0.357. The molecule has 2 heterocycles. The van der Waals surface area contributed by atoms with Crippen LogP contribution in [0.4, 0.5) is 0 Å². The highest BCUT2D eigenvalue weighted by Crippen LogP contribution is 2.14. The minimum absolute atomic E-state index is 0.0644. The van der Waals surface area contributed by atoms with Crippen molar-refractivity contribution in [2.75, 3.05) is 6.54 Å². The molecule has 2 aromatic heterocycles. The lowest BCUT2D eigenvalue weighted by atomic mass is 10.2. The van der Waals surface area contributed by atoms with Crippen molar-refractivity contribution >= 4 is 5.91 Å². The Balaban J connectivity index is 2.33. The summed E-state index contributed by atoms with van der Waals surface area (Å²) in [5.74, 6) is 0.553. The number of hydrogen-bond acceptors (Lipinski definition) is 4. The third-order valence-corrected chi connectivity index (χ3v) is 3.05. The average molecular weight is 273 g/mol. The van der Waals surface area contributed by atoms with Crippen LogP contribution in [-0.2, 0) is 6.42 Å². The SMILES string of the molecule is CCc1c(C(=O)N[C@@H](C)CN)cnn1-c1ccccn1. The van der Waals surface area contributed by atoms with E-state index in [-0.39, 0.29) is 11.9 Å². The Morgan fingerprint density at radius 3 is 2.90 bits per heavy atom. The van der Waals surface area contributed by atoms with E-state index in [2.05, 4.69) is 15.4 Å². The van der Waals surface area contributed by atoms with Crippen molar-refractivity contribution in [2.45, 2.75) is 26.3 Å². The first-order valence-corrected chi connectivity index (χ1v) is 6.66. The van der Waals surface area contributed by atoms with Crippen LogP contribution in [0.2, 0.25) is 0 Å². The van der Waals surface area contributed by atoms with Crippen LogP contribution in [0.25, 0.3) is 5.82 Å². The van der Waals surface area contributed by atoms with Gasteiger partial charge in [0.15, 0.2) is 5.82 Å². The number of aromatic nitrogens is 3. The molecule has 1 amide bonds. The molecule has 0 fully saturated rings. The lowest BCUT2D eigenvalue weighted by molar-refractivity contribution is 0.0940. The summed E-state index contributed by atoms with van der Waals surface area (Å²) in [4.78, 5) is 16.5. The van der Waals surface area contributed by atoms with E-state index in [0.29, 0.717) is 24.3 Å². The van der Waals surface area contributed by atoms with Gasteiger partial charge in [0.25, 0.3) is 5.91 Å². The first-order valence-electron chi connectivity index (χ1n) is 6.66. The average Bonchev–Trinajstić information content (AvgIpc) is 2.91. The normalized spacial score (nSPS) is 12.2. The molecule has 0 saturated carbocycles. The molecular weight excluding hydrogens is 254 g/mol. The van der Waals surface area contributed by atoms with Crippen LogP contribution in [0.3, 0.4) is 0 Å². The topological polar surface area (TPSA) is 85.8 Å². The number of hydrogen-bond donors (Lipinski definition) is 2. The molecule has 0 bridgehead atoms. The van der Waals surface area contributed by atoms with Crippen molar-refractivity contribution in [3.05, 3.63) is 41.9 Å². The fourth-order valence-corrected chi connectivity index (χ4v) is 1.94. The molecule has 6 heteroatoms. The molecule has 1 atom stereocenters. The number of carbonyl (C=O) groups excluding carboxylic acids is 1. The third kappa shape index (κ3) is 2.85. The number of carbonyl (C=O) groups is 1. The molecule has 0 aliphatic heterocycles. The Morgan fingerprint density at radius 1 is 1.50 bits per heavy atom. The minimum atomic E-state index is -0.151. The van der Waals surface area contributed by atoms with Crippen molar-refractivity contribution in [1.82, 2.24) is 20.1 Å². The quantitative estimate of drug-likeness (QED) is 0.847. The number of pyridine rings is 1. The maximum atomic E-state index is 12.2. The van der Waals surface area contributed by atoms with Gasteiger partial charge in [-0.2, -0.15) is 5.10 Å². The highest BCUT2D eigenvalue weighted by atomic mass is 16.1. The molecule has 2 aromatic rings. The van der Waals surface area contributed by atoms with E-state index in [9.17, 15) is 4.79 Å². The number of nitrogens with one attached hydrogen (secondary N) is 1. The van der Waals surface area contributed by atoms with Crippen molar-refractivity contribution < 1.29 is 4.79 Å². The van der Waals surface area contributed by atoms with Gasteiger partial charge in [-0.15, -0.1) is 0 Å². The van der Waals surface area contributed by atoms with E-state index in [0.717, 1.165) is 5.69 Å². The third-order valence-electron chi connectivity index (χ3n) is 3.05. The van der Waals surface area contributed by atoms with Gasteiger partial charge in [0.1, 0.15) is 0 Å². The van der Waals surface area contributed by atoms with Crippen molar-refractivity contribution in [2.24, 2.45) is 5.73 Å². The van der Waals surface area contributed by atoms with E-state index in [1.807, 2.05) is 32.0 Å². The zero-order valence-electron chi connectivity index (χ0n) is 11.7. The predicted octanol–water partition coefficient (Wildman–Crippen LogP) is 0.907. The van der Waals surface area contributed by atoms with E-state index >= 15 is 0 Å². The number of nitrogens with zero attached hydrogens (tertiary/aromatic N) is 3. The van der Waals surface area contributed by atoms with E-state index in [1.54, 1.807) is 17.1 Å². The van der Waals surface area contributed by atoms with Crippen LogP contribution < -0.4 is 11.1 Å². The van der Waals surface area contributed by atoms with Crippen molar-refractivity contribution in [3.63, 3.8) is 0 Å². The predicted molar refractivity (Wildman–Crippen MR) is 76.7 cm³/mol. The van der Waals surface area contributed by atoms with Gasteiger partial charge >= 0.3 is 0 Å². The molecule has 106 valence electrons. The smallest absolute Gasteiger partial charge is 0.255 e. The van der Waals surface area contributed by atoms with Crippen LogP contribution in [-0.4, -0.2) is 33.3 Å². The van der Waals surface area contributed by atoms with Crippen LogP contribution >= 0.6 is 0 Å². The zero-order valence-corrected chi connectivity index (χ0v) is 11.7. The second-order valence-corrected chi connectivity index (χ2v) is 4.57. The summed E-state index contributed by atoms with van der Waals surface area (Å²) in [5.41, 5.74) is 6.93. The lowest BCUT2D eigenvalue weighted by Crippen LogP contribution is -2.38. The molecule has 6 nitrogen and oxygen atoms in total. The second kappa shape index (κ2) is 6.29. The zero-order chi connectivity index (χ0) is 14.5. The number of rotatable bonds is 5. The number of amides is 1. The summed E-state index contributed by atoms with van der Waals surface area (Å²) in [6, 6.07) is 5.52. The van der Waals surface area contributed by atoms with Gasteiger partial charge in [-0.25, -0.2) is 9.67 Å². The summed E-state index contributed by atoms with van der Waals surface area (Å²) >= 11 is 0. The van der Waals surface area contributed by atoms with Gasteiger partial charge in [0.2, 0.25) is 0 Å². The van der Waals surface area contributed by atoms with E-state index in [4.69, 9.17) is 5.73 Å². The molecule has 0 aromatic carbocycles. The van der Waals surface area contributed by atoms with Crippen molar-refractivity contribution in [3.8, 4) is 5.82 Å². The lowest BCUT2D eigenvalue weighted by Gasteiger charge is -2.11. The summed E-state index contributed by atoms with van der Waals surface area (Å²) in [6.45, 7) is 4.26. The van der Waals surface area contributed by atoms with Gasteiger partial charge in [0.05, 0.1) is 17.5 Å². The molecule has 2 rings (SSSR count). The molecule has 0 radical (unpaired) electrons. The Morgan fingerprint density at radius 2 is 2.30 bits per heavy atom. The monoisotopic (exact) mass is 273 g/mol. The Kier molecular flexibility index (Phi) is 4.47. The highest BCUT2D eigenvalue weighted by molar-refractivity contribution is 5.95. The number of nitrogens with two attached hydrogens (primary N) is 1. The first kappa shape index (κ1) is 14.2. The molecule has 0 unspecified atom stereocenters. The maximum absolute atomic E-state index is 12.2. The van der Waals surface area contributed by atoms with E-state index < -0.39 is 0 Å². The van der Waals surface area contributed by atoms with E-state index in [1.165, 1.54) is 0 Å². The molecular formula is C14H19N5O. The van der Waals surface area contributed by atoms with Crippen molar-refractivity contribution in [1.29, 1.82) is 0 Å². The minimum Gasteiger partial charge on any atom is -0.348 e. The van der Waals surface area contributed by atoms with Crippen LogP contribution in [0, 0.1) is 0 Å². The molecule has 0 saturated heterocycles. The second-order valence-electron chi connectivity index (χ2n) is 4.57. The van der Waals surface area contributed by atoms with Gasteiger partial charge in [-0.3, -0.25) is 4.79 Å². The van der Waals surface area contributed by atoms with Crippen LogP contribution in [0.15, 0.2) is 30.6 Å². The molecule has 0 spiro atoms. The Labute approximate surface area is 118 Å². The highest BCUT2D eigenvalue weighted by Gasteiger charge is 2.18. The summed E-state index contributed by atoms with van der Waals surface area (Å²) < 4.78 is 1.70. The van der Waals surface area contributed by atoms with Gasteiger partial charge < -0.3 is 11.1 Å². The van der Waals surface area contributed by atoms with Gasteiger partial charge in [-0.05, 0) is 25.5 Å². The van der Waals surface area contributed by atoms with Crippen LogP contribution in [0.5, 0.6) is 0 Å².